The molecule has 1 heterocycles. The van der Waals surface area contributed by atoms with E-state index >= 15 is 0 Å². The number of halogens is 2. The van der Waals surface area contributed by atoms with Gasteiger partial charge in [-0.3, -0.25) is 4.79 Å². The van der Waals surface area contributed by atoms with E-state index in [0.717, 1.165) is 45.8 Å². The average molecular weight is 575 g/mol. The minimum absolute atomic E-state index is 0.137. The zero-order valence-electron chi connectivity index (χ0n) is 20.3. The molecule has 0 aromatic heterocycles. The van der Waals surface area contributed by atoms with E-state index in [-0.39, 0.29) is 12.5 Å². The maximum Gasteiger partial charge on any atom is 0.262 e. The van der Waals surface area contributed by atoms with Gasteiger partial charge < -0.3 is 29.7 Å². The molecule has 2 N–H and O–H groups in total. The van der Waals surface area contributed by atoms with Crippen LogP contribution in [0.5, 0.6) is 11.5 Å². The van der Waals surface area contributed by atoms with Crippen molar-refractivity contribution in [3.05, 3.63) is 75.2 Å². The zero-order chi connectivity index (χ0) is 25.5. The van der Waals surface area contributed by atoms with E-state index in [1.54, 1.807) is 7.11 Å². The number of morpholine rings is 1. The van der Waals surface area contributed by atoms with Gasteiger partial charge in [-0.05, 0) is 55.0 Å². The van der Waals surface area contributed by atoms with E-state index in [1.807, 2.05) is 61.5 Å². The minimum Gasteiger partial charge on any atom is -0.493 e. The highest BCUT2D eigenvalue weighted by Crippen LogP contribution is 2.35. The summed E-state index contributed by atoms with van der Waals surface area (Å²) in [6.45, 7) is 5.49. The summed E-state index contributed by atoms with van der Waals surface area (Å²) in [5, 5.41) is 6.93. The number of rotatable bonds is 9. The van der Waals surface area contributed by atoms with E-state index in [2.05, 4.69) is 31.5 Å². The summed E-state index contributed by atoms with van der Waals surface area (Å²) in [5.41, 5.74) is 4.75. The molecule has 0 bridgehead atoms. The molecule has 190 valence electrons. The van der Waals surface area contributed by atoms with Gasteiger partial charge in [0.05, 0.1) is 31.0 Å². The SMILES string of the molecule is COc1cc(CNc2ccc(N3CCOCC3)c(Cl)c2)c(Br)cc1OCC(=O)Nc1ccc(C)cc1. The van der Waals surface area contributed by atoms with Crippen LogP contribution >= 0.6 is 27.5 Å². The summed E-state index contributed by atoms with van der Waals surface area (Å²) in [7, 11) is 1.57. The molecule has 4 rings (SSSR count). The van der Waals surface area contributed by atoms with Gasteiger partial charge in [-0.2, -0.15) is 0 Å². The Morgan fingerprint density at radius 1 is 1.06 bits per heavy atom. The summed E-state index contributed by atoms with van der Waals surface area (Å²) < 4.78 is 17.5. The van der Waals surface area contributed by atoms with Crippen molar-refractivity contribution in [2.75, 3.05) is 55.6 Å². The Kier molecular flexibility index (Phi) is 8.96. The molecule has 0 saturated carbocycles. The third-order valence-electron chi connectivity index (χ3n) is 5.81. The Balaban J connectivity index is 1.36. The Bertz CT molecular complexity index is 1200. The molecule has 7 nitrogen and oxygen atoms in total. The summed E-state index contributed by atoms with van der Waals surface area (Å²) in [6.07, 6.45) is 0. The van der Waals surface area contributed by atoms with E-state index < -0.39 is 0 Å². The predicted octanol–water partition coefficient (Wildman–Crippen LogP) is 5.89. The highest BCUT2D eigenvalue weighted by Gasteiger charge is 2.15. The van der Waals surface area contributed by atoms with Gasteiger partial charge >= 0.3 is 0 Å². The number of ether oxygens (including phenoxy) is 3. The van der Waals surface area contributed by atoms with Crippen LogP contribution in [0.25, 0.3) is 0 Å². The normalized spacial score (nSPS) is 13.3. The molecule has 0 spiro atoms. The molecule has 9 heteroatoms. The van der Waals surface area contributed by atoms with Gasteiger partial charge in [0, 0.05) is 35.5 Å². The first-order valence-electron chi connectivity index (χ1n) is 11.6. The number of anilines is 3. The monoisotopic (exact) mass is 573 g/mol. The fourth-order valence-electron chi connectivity index (χ4n) is 3.84. The smallest absolute Gasteiger partial charge is 0.262 e. The molecule has 1 fully saturated rings. The lowest BCUT2D eigenvalue weighted by Crippen LogP contribution is -2.36. The van der Waals surface area contributed by atoms with Crippen LogP contribution in [0.4, 0.5) is 17.1 Å². The quantitative estimate of drug-likeness (QED) is 0.332. The molecule has 0 atom stereocenters. The number of hydrogen-bond donors (Lipinski definition) is 2. The fraction of sp³-hybridized carbons (Fsp3) is 0.296. The largest absolute Gasteiger partial charge is 0.493 e. The van der Waals surface area contributed by atoms with E-state index in [0.29, 0.717) is 36.3 Å². The third kappa shape index (κ3) is 6.84. The molecular weight excluding hydrogens is 546 g/mol. The average Bonchev–Trinajstić information content (AvgIpc) is 2.88. The van der Waals surface area contributed by atoms with Crippen molar-refractivity contribution >= 4 is 50.5 Å². The van der Waals surface area contributed by atoms with Crippen LogP contribution < -0.4 is 25.0 Å². The van der Waals surface area contributed by atoms with E-state index in [1.165, 1.54) is 0 Å². The lowest BCUT2D eigenvalue weighted by molar-refractivity contribution is -0.118. The number of nitrogens with zero attached hydrogens (tertiary/aromatic N) is 1. The van der Waals surface area contributed by atoms with Crippen molar-refractivity contribution in [1.29, 1.82) is 0 Å². The number of carbonyl (C=O) groups is 1. The van der Waals surface area contributed by atoms with Crippen molar-refractivity contribution in [1.82, 2.24) is 0 Å². The Hall–Kier alpha value is -2.94. The molecule has 1 saturated heterocycles. The first-order chi connectivity index (χ1) is 17.4. The molecule has 1 aliphatic heterocycles. The number of amides is 1. The number of benzene rings is 3. The molecule has 3 aromatic carbocycles. The topological polar surface area (TPSA) is 72.1 Å². The molecule has 0 radical (unpaired) electrons. The Morgan fingerprint density at radius 3 is 2.47 bits per heavy atom. The number of nitrogens with one attached hydrogen (secondary N) is 2. The van der Waals surface area contributed by atoms with Crippen molar-refractivity contribution in [2.24, 2.45) is 0 Å². The summed E-state index contributed by atoms with van der Waals surface area (Å²) in [4.78, 5) is 14.5. The molecule has 0 unspecified atom stereocenters. The zero-order valence-corrected chi connectivity index (χ0v) is 22.6. The number of hydrogen-bond acceptors (Lipinski definition) is 6. The van der Waals surface area contributed by atoms with Crippen LogP contribution in [-0.4, -0.2) is 45.9 Å². The standard InChI is InChI=1S/C27H29BrClN3O4/c1-18-3-5-20(6-4-18)31-27(33)17-36-26-15-22(28)19(13-25(26)34-2)16-30-21-7-8-24(23(29)14-21)32-9-11-35-12-10-32/h3-8,13-15,30H,9-12,16-17H2,1-2H3,(H,31,33). The third-order valence-corrected chi connectivity index (χ3v) is 6.85. The molecule has 1 amide bonds. The summed E-state index contributed by atoms with van der Waals surface area (Å²) in [6, 6.07) is 17.3. The van der Waals surface area contributed by atoms with Gasteiger partial charge in [-0.1, -0.05) is 45.2 Å². The maximum absolute atomic E-state index is 12.3. The van der Waals surface area contributed by atoms with Gasteiger partial charge in [0.2, 0.25) is 0 Å². The summed E-state index contributed by atoms with van der Waals surface area (Å²) >= 11 is 10.2. The van der Waals surface area contributed by atoms with E-state index in [9.17, 15) is 4.79 Å². The second kappa shape index (κ2) is 12.3. The van der Waals surface area contributed by atoms with Gasteiger partial charge in [-0.25, -0.2) is 0 Å². The Morgan fingerprint density at radius 2 is 1.78 bits per heavy atom. The highest BCUT2D eigenvalue weighted by molar-refractivity contribution is 9.10. The molecule has 3 aromatic rings. The highest BCUT2D eigenvalue weighted by atomic mass is 79.9. The van der Waals surface area contributed by atoms with Crippen LogP contribution in [0, 0.1) is 6.92 Å². The molecule has 36 heavy (non-hydrogen) atoms. The molecular formula is C27H29BrClN3O4. The van der Waals surface area contributed by atoms with Crippen molar-refractivity contribution in [3.63, 3.8) is 0 Å². The number of aryl methyl sites for hydroxylation is 1. The second-order valence-electron chi connectivity index (χ2n) is 8.42. The first kappa shape index (κ1) is 26.1. The van der Waals surface area contributed by atoms with Crippen LogP contribution in [0.15, 0.2) is 59.1 Å². The van der Waals surface area contributed by atoms with Crippen molar-refractivity contribution < 1.29 is 19.0 Å². The predicted molar refractivity (Wildman–Crippen MR) is 148 cm³/mol. The lowest BCUT2D eigenvalue weighted by Gasteiger charge is -2.29. The maximum atomic E-state index is 12.3. The van der Waals surface area contributed by atoms with Crippen LogP contribution in [0.2, 0.25) is 5.02 Å². The fourth-order valence-corrected chi connectivity index (χ4v) is 4.60. The lowest BCUT2D eigenvalue weighted by atomic mass is 10.2. The van der Waals surface area contributed by atoms with Gasteiger partial charge in [0.25, 0.3) is 5.91 Å². The van der Waals surface area contributed by atoms with Crippen molar-refractivity contribution in [3.8, 4) is 11.5 Å². The minimum atomic E-state index is -0.250. The van der Waals surface area contributed by atoms with Gasteiger partial charge in [-0.15, -0.1) is 0 Å². The van der Waals surface area contributed by atoms with E-state index in [4.69, 9.17) is 25.8 Å². The van der Waals surface area contributed by atoms with Crippen molar-refractivity contribution in [2.45, 2.75) is 13.5 Å². The first-order valence-corrected chi connectivity index (χ1v) is 12.8. The van der Waals surface area contributed by atoms with Gasteiger partial charge in [0.15, 0.2) is 18.1 Å². The Labute approximate surface area is 224 Å². The van der Waals surface area contributed by atoms with Crippen LogP contribution in [0.1, 0.15) is 11.1 Å². The van der Waals surface area contributed by atoms with Crippen LogP contribution in [0.3, 0.4) is 0 Å². The number of carbonyl (C=O) groups excluding carboxylic acids is 1. The molecule has 1 aliphatic rings. The summed E-state index contributed by atoms with van der Waals surface area (Å²) in [5.74, 6) is 0.768. The second-order valence-corrected chi connectivity index (χ2v) is 9.68. The van der Waals surface area contributed by atoms with Crippen LogP contribution in [-0.2, 0) is 16.1 Å². The van der Waals surface area contributed by atoms with Gasteiger partial charge in [0.1, 0.15) is 0 Å². The number of methoxy groups -OCH3 is 1. The molecule has 0 aliphatic carbocycles.